The van der Waals surface area contributed by atoms with E-state index in [2.05, 4.69) is 31.9 Å². The van der Waals surface area contributed by atoms with Gasteiger partial charge in [-0.3, -0.25) is 28.8 Å². The lowest BCUT2D eigenvalue weighted by Crippen LogP contribution is -2.54. The standard InChI is InChI=1S/C40H74N6O19/c1-25(49)10-8-6-7-9-11-33(54)46-29(37(58)42-15-17-62-19-21-64-40(38(59)44-27(3)51)65-30(23-47)26(2)50)12-13-32(53)43-22-34(55)41-14-16-61-18-20-63-39(45-28(4)52)36(57)35(56)31(24-48)60-5/h26,29-31,35-36,38-40,47-48,50,56-57,59H,6-24H2,1-5H3,(H,41,55)(H,42,58)(H,43,53)(H,44,51)(H,45,52)(H,46,54). The van der Waals surface area contributed by atoms with Crippen LogP contribution in [0.3, 0.4) is 0 Å². The second-order valence-corrected chi connectivity index (χ2v) is 14.8. The highest BCUT2D eigenvalue weighted by Gasteiger charge is 2.33. The molecular weight excluding hydrogens is 868 g/mol. The molecule has 0 aromatic heterocycles. The summed E-state index contributed by atoms with van der Waals surface area (Å²) < 4.78 is 32.0. The lowest BCUT2D eigenvalue weighted by atomic mass is 10.1. The van der Waals surface area contributed by atoms with E-state index in [0.717, 1.165) is 13.3 Å². The van der Waals surface area contributed by atoms with Gasteiger partial charge in [0.25, 0.3) is 0 Å². The van der Waals surface area contributed by atoms with E-state index in [1.807, 2.05) is 0 Å². The molecule has 0 rings (SSSR count). The number of unbranched alkanes of at least 4 members (excludes halogenated alkanes) is 3. The zero-order valence-corrected chi connectivity index (χ0v) is 38.1. The van der Waals surface area contributed by atoms with Crippen molar-refractivity contribution >= 4 is 41.2 Å². The summed E-state index contributed by atoms with van der Waals surface area (Å²) in [6.45, 7) is 3.27. The summed E-state index contributed by atoms with van der Waals surface area (Å²) in [6.07, 6.45) is -8.12. The average molecular weight is 943 g/mol. The molecule has 0 radical (unpaired) electrons. The SMILES string of the molecule is COC(CO)C(O)C(O)C(NC(C)=O)OCCOCCNC(=O)CNC(=O)CCC(NC(=O)CCCCCCC(C)=O)C(=O)NCCOCCOC(OC(CO)C(C)O)C(O)NC(C)=O. The van der Waals surface area contributed by atoms with Crippen LogP contribution in [-0.2, 0) is 62.0 Å². The summed E-state index contributed by atoms with van der Waals surface area (Å²) in [5, 5.41) is 74.1. The Morgan fingerprint density at radius 2 is 1.17 bits per heavy atom. The molecule has 65 heavy (non-hydrogen) atoms. The number of hydrogen-bond donors (Lipinski definition) is 12. The summed E-state index contributed by atoms with van der Waals surface area (Å²) in [6, 6.07) is -1.12. The van der Waals surface area contributed by atoms with Gasteiger partial charge < -0.3 is 95.8 Å². The molecule has 0 fully saturated rings. The first-order chi connectivity index (χ1) is 30.9. The van der Waals surface area contributed by atoms with E-state index in [1.54, 1.807) is 0 Å². The summed E-state index contributed by atoms with van der Waals surface area (Å²) in [7, 11) is 1.23. The first-order valence-corrected chi connectivity index (χ1v) is 21.5. The van der Waals surface area contributed by atoms with E-state index in [0.29, 0.717) is 25.7 Å². The number of Topliss-reactive ketones (excluding diaryl/α,β-unsaturated/α-hetero) is 1. The largest absolute Gasteiger partial charge is 0.394 e. The third kappa shape index (κ3) is 30.8. The van der Waals surface area contributed by atoms with Crippen LogP contribution in [0.1, 0.15) is 79.1 Å². The van der Waals surface area contributed by atoms with Crippen molar-refractivity contribution in [1.29, 1.82) is 0 Å². The van der Waals surface area contributed by atoms with E-state index < -0.39 is 111 Å². The molecule has 25 heteroatoms. The fraction of sp³-hybridized carbons (Fsp3) is 0.825. The van der Waals surface area contributed by atoms with Crippen molar-refractivity contribution < 1.29 is 92.6 Å². The Balaban J connectivity index is 4.94. The van der Waals surface area contributed by atoms with Crippen molar-refractivity contribution in [3.05, 3.63) is 0 Å². The zero-order chi connectivity index (χ0) is 49.2. The van der Waals surface area contributed by atoms with Gasteiger partial charge in [0.2, 0.25) is 41.7 Å². The summed E-state index contributed by atoms with van der Waals surface area (Å²) >= 11 is 0. The Bertz CT molecular complexity index is 1380. The van der Waals surface area contributed by atoms with Gasteiger partial charge in [-0.25, -0.2) is 0 Å². The Labute approximate surface area is 379 Å². The van der Waals surface area contributed by atoms with Crippen molar-refractivity contribution in [2.24, 2.45) is 0 Å². The van der Waals surface area contributed by atoms with Gasteiger partial charge in [-0.15, -0.1) is 0 Å². The van der Waals surface area contributed by atoms with Crippen LogP contribution in [0, 0.1) is 0 Å². The number of ether oxygens (including phenoxy) is 6. The molecule has 0 aliphatic rings. The molecule has 0 heterocycles. The normalized spacial score (nSPS) is 15.5. The smallest absolute Gasteiger partial charge is 0.242 e. The topological polar surface area (TPSA) is 368 Å². The molecule has 0 saturated heterocycles. The molecule has 25 nitrogen and oxygen atoms in total. The van der Waals surface area contributed by atoms with E-state index in [9.17, 15) is 64.2 Å². The predicted octanol–water partition coefficient (Wildman–Crippen LogP) is -4.67. The monoisotopic (exact) mass is 943 g/mol. The molecule has 378 valence electrons. The summed E-state index contributed by atoms with van der Waals surface area (Å²) in [4.78, 5) is 85.0. The van der Waals surface area contributed by atoms with Gasteiger partial charge in [-0.2, -0.15) is 0 Å². The third-order valence-electron chi connectivity index (χ3n) is 9.09. The van der Waals surface area contributed by atoms with Crippen molar-refractivity contribution in [3.8, 4) is 0 Å². The fourth-order valence-corrected chi connectivity index (χ4v) is 5.56. The second-order valence-electron chi connectivity index (χ2n) is 14.8. The second kappa shape index (κ2) is 37.1. The molecule has 0 aliphatic heterocycles. The van der Waals surface area contributed by atoms with Gasteiger partial charge in [-0.05, 0) is 33.1 Å². The van der Waals surface area contributed by atoms with Crippen molar-refractivity contribution in [2.45, 2.75) is 134 Å². The van der Waals surface area contributed by atoms with Gasteiger partial charge in [0.1, 0.15) is 36.2 Å². The van der Waals surface area contributed by atoms with Crippen molar-refractivity contribution in [3.63, 3.8) is 0 Å². The maximum absolute atomic E-state index is 13.1. The van der Waals surface area contributed by atoms with E-state index in [4.69, 9.17) is 28.4 Å². The van der Waals surface area contributed by atoms with Crippen LogP contribution in [0.15, 0.2) is 0 Å². The van der Waals surface area contributed by atoms with Crippen molar-refractivity contribution in [2.75, 3.05) is 79.6 Å². The van der Waals surface area contributed by atoms with E-state index in [-0.39, 0.29) is 77.8 Å². The Morgan fingerprint density at radius 3 is 1.72 bits per heavy atom. The lowest BCUT2D eigenvalue weighted by molar-refractivity contribution is -0.243. The number of carbonyl (C=O) groups excluding carboxylic acids is 7. The molecule has 0 spiro atoms. The zero-order valence-electron chi connectivity index (χ0n) is 38.1. The quantitative estimate of drug-likeness (QED) is 0.0203. The highest BCUT2D eigenvalue weighted by Crippen LogP contribution is 2.11. The maximum atomic E-state index is 13.1. The number of methoxy groups -OCH3 is 1. The van der Waals surface area contributed by atoms with Gasteiger partial charge in [0.15, 0.2) is 12.5 Å². The van der Waals surface area contributed by atoms with Crippen LogP contribution in [0.4, 0.5) is 0 Å². The predicted molar refractivity (Wildman–Crippen MR) is 227 cm³/mol. The molecule has 0 aromatic rings. The number of nitrogens with one attached hydrogen (secondary N) is 6. The Morgan fingerprint density at radius 1 is 0.585 bits per heavy atom. The number of aliphatic hydroxyl groups is 6. The summed E-state index contributed by atoms with van der Waals surface area (Å²) in [5.41, 5.74) is 0. The summed E-state index contributed by atoms with van der Waals surface area (Å²) in [5.74, 6) is -3.19. The molecule has 9 unspecified atom stereocenters. The minimum atomic E-state index is -1.64. The molecule has 9 atom stereocenters. The van der Waals surface area contributed by atoms with Crippen LogP contribution >= 0.6 is 0 Å². The first-order valence-electron chi connectivity index (χ1n) is 21.5. The van der Waals surface area contributed by atoms with Crippen LogP contribution in [-0.4, -0.2) is 207 Å². The molecule has 12 N–H and O–H groups in total. The van der Waals surface area contributed by atoms with E-state index in [1.165, 1.54) is 27.9 Å². The van der Waals surface area contributed by atoms with Crippen LogP contribution in [0.5, 0.6) is 0 Å². The van der Waals surface area contributed by atoms with Gasteiger partial charge >= 0.3 is 0 Å². The Kier molecular flexibility index (Phi) is 34.9. The van der Waals surface area contributed by atoms with Gasteiger partial charge in [0, 0.05) is 53.3 Å². The average Bonchev–Trinajstić information content (AvgIpc) is 3.24. The number of carbonyl (C=O) groups is 7. The van der Waals surface area contributed by atoms with Crippen molar-refractivity contribution in [1.82, 2.24) is 31.9 Å². The van der Waals surface area contributed by atoms with Crippen LogP contribution in [0.2, 0.25) is 0 Å². The minimum Gasteiger partial charge on any atom is -0.394 e. The van der Waals surface area contributed by atoms with Gasteiger partial charge in [0.05, 0.1) is 65.5 Å². The van der Waals surface area contributed by atoms with Crippen LogP contribution in [0.25, 0.3) is 0 Å². The molecule has 0 aliphatic carbocycles. The molecular formula is C40H74N6O19. The molecule has 6 amide bonds. The number of aliphatic hydroxyl groups excluding tert-OH is 6. The van der Waals surface area contributed by atoms with Crippen LogP contribution < -0.4 is 31.9 Å². The fourth-order valence-electron chi connectivity index (χ4n) is 5.56. The lowest BCUT2D eigenvalue weighted by Gasteiger charge is -2.30. The highest BCUT2D eigenvalue weighted by molar-refractivity contribution is 5.89. The van der Waals surface area contributed by atoms with Gasteiger partial charge in [-0.1, -0.05) is 12.8 Å². The Hall–Kier alpha value is -3.99. The van der Waals surface area contributed by atoms with E-state index >= 15 is 0 Å². The third-order valence-corrected chi connectivity index (χ3v) is 9.09. The number of amides is 6. The minimum absolute atomic E-state index is 0.0148. The maximum Gasteiger partial charge on any atom is 0.242 e. The number of rotatable bonds is 40. The highest BCUT2D eigenvalue weighted by atomic mass is 16.7. The first kappa shape index (κ1) is 61.0. The molecule has 0 aromatic carbocycles. The number of ketones is 1. The number of hydrogen-bond acceptors (Lipinski definition) is 19. The molecule has 0 bridgehead atoms. The molecule has 0 saturated carbocycles.